The van der Waals surface area contributed by atoms with Crippen LogP contribution in [-0.2, 0) is 34.3 Å². The number of aliphatic carboxylic acids is 1. The van der Waals surface area contributed by atoms with Crippen molar-refractivity contribution in [2.45, 2.75) is 53.6 Å². The number of ether oxygens (including phenoxy) is 1. The fraction of sp³-hybridized carbons (Fsp3) is 0.213. The molecule has 5 N–H and O–H groups in total. The standard InChI is InChI=1S/C47H41N7O10S4/c1-46(2,3)63-43(62)36(26-14-13-21-48-22-26)64-52-33(31-25-67-45(49-31)51-47(28-15-7-4-8-16-28,29-17-9-5-10-18-29)30-19-11-6-12-20-30)38(56)50-34-39(57)54-35(42(60)61)27(23-65-40(34)54)24-66-44-32(41(58)59)37(55)53-68-44/h4-22,25,34,36,40H,23-24H2,1-3H3,(H,49,51)(H,50,56)(H,53,55)(H,58,59)(H,60,61)/t34-,36-,40+/m1/s1. The second-order valence-corrected chi connectivity index (χ2v) is 20.2. The van der Waals surface area contributed by atoms with Crippen LogP contribution in [0.15, 0.2) is 146 Å². The number of nitrogens with zero attached hydrogens (tertiary/aromatic N) is 4. The number of thiazole rings is 1. The number of benzene rings is 3. The smallest absolute Gasteiger partial charge is 0.355 e. The van der Waals surface area contributed by atoms with Gasteiger partial charge in [-0.25, -0.2) is 19.4 Å². The van der Waals surface area contributed by atoms with Crippen LogP contribution in [0.25, 0.3) is 0 Å². The number of β-lactam (4-membered cyclic amide) rings is 1. The van der Waals surface area contributed by atoms with Gasteiger partial charge in [-0.3, -0.25) is 28.6 Å². The normalized spacial score (nSPS) is 16.5. The van der Waals surface area contributed by atoms with Gasteiger partial charge in [-0.2, -0.15) is 0 Å². The molecule has 8 rings (SSSR count). The third-order valence-electron chi connectivity index (χ3n) is 10.5. The Balaban J connectivity index is 1.14. The third-order valence-corrected chi connectivity index (χ3v) is 14.9. The van der Waals surface area contributed by atoms with E-state index in [4.69, 9.17) is 14.6 Å². The molecule has 2 amide bonds. The first-order valence-corrected chi connectivity index (χ1v) is 24.4. The average molecular weight is 992 g/mol. The molecule has 21 heteroatoms. The molecule has 2 aliphatic rings. The summed E-state index contributed by atoms with van der Waals surface area (Å²) in [6, 6.07) is 31.4. The van der Waals surface area contributed by atoms with Crippen molar-refractivity contribution in [3.8, 4) is 0 Å². The number of nitrogens with one attached hydrogen (secondary N) is 3. The number of hydrogen-bond acceptors (Lipinski definition) is 16. The van der Waals surface area contributed by atoms with Crippen molar-refractivity contribution in [3.05, 3.63) is 176 Å². The minimum absolute atomic E-state index is 0.0188. The fourth-order valence-electron chi connectivity index (χ4n) is 7.55. The predicted molar refractivity (Wildman–Crippen MR) is 258 cm³/mol. The lowest BCUT2D eigenvalue weighted by Gasteiger charge is -2.49. The van der Waals surface area contributed by atoms with Crippen molar-refractivity contribution in [1.82, 2.24) is 24.6 Å². The van der Waals surface area contributed by atoms with Gasteiger partial charge in [0.25, 0.3) is 17.4 Å². The van der Waals surface area contributed by atoms with Crippen molar-refractivity contribution in [1.29, 1.82) is 0 Å². The molecule has 0 radical (unpaired) electrons. The Morgan fingerprint density at radius 3 is 2.10 bits per heavy atom. The highest BCUT2D eigenvalue weighted by Gasteiger charge is 2.54. The molecule has 2 aliphatic heterocycles. The van der Waals surface area contributed by atoms with Crippen LogP contribution in [-0.4, -0.2) is 93.4 Å². The minimum Gasteiger partial charge on any atom is -0.477 e. The number of carbonyl (C=O) groups is 5. The van der Waals surface area contributed by atoms with E-state index in [1.807, 2.05) is 91.0 Å². The number of H-pyrrole nitrogens is 1. The molecule has 1 fully saturated rings. The molecule has 0 spiro atoms. The number of fused-ring (bicyclic) bond motifs is 1. The maximum absolute atomic E-state index is 14.6. The van der Waals surface area contributed by atoms with Gasteiger partial charge >= 0.3 is 17.9 Å². The third kappa shape index (κ3) is 9.82. The minimum atomic E-state index is -1.49. The van der Waals surface area contributed by atoms with E-state index in [9.17, 15) is 39.0 Å². The molecule has 0 aliphatic carbocycles. The van der Waals surface area contributed by atoms with Gasteiger partial charge in [-0.05, 0) is 49.1 Å². The van der Waals surface area contributed by atoms with E-state index in [1.165, 1.54) is 35.5 Å². The number of oxime groups is 1. The van der Waals surface area contributed by atoms with Crippen LogP contribution < -0.4 is 16.2 Å². The molecule has 0 bridgehead atoms. The molecule has 348 valence electrons. The summed E-state index contributed by atoms with van der Waals surface area (Å²) in [5.74, 6) is -5.20. The van der Waals surface area contributed by atoms with Crippen molar-refractivity contribution in [3.63, 3.8) is 0 Å². The number of rotatable bonds is 17. The predicted octanol–water partition coefficient (Wildman–Crippen LogP) is 6.72. The molecular weight excluding hydrogens is 951 g/mol. The molecule has 3 aromatic heterocycles. The average Bonchev–Trinajstić information content (AvgIpc) is 3.96. The topological polar surface area (TPSA) is 243 Å². The summed E-state index contributed by atoms with van der Waals surface area (Å²) in [6.07, 6.45) is 1.42. The van der Waals surface area contributed by atoms with Crippen LogP contribution in [0, 0.1) is 0 Å². The van der Waals surface area contributed by atoms with Gasteiger partial charge in [-0.15, -0.1) is 34.9 Å². The number of aromatic amines is 1. The highest BCUT2D eigenvalue weighted by Crippen LogP contribution is 2.43. The van der Waals surface area contributed by atoms with Crippen molar-refractivity contribution in [2.24, 2.45) is 5.16 Å². The Hall–Kier alpha value is -7.07. The zero-order chi connectivity index (χ0) is 48.2. The zero-order valence-electron chi connectivity index (χ0n) is 36.3. The van der Waals surface area contributed by atoms with Crippen LogP contribution in [0.3, 0.4) is 0 Å². The Kier molecular flexibility index (Phi) is 14.0. The quantitative estimate of drug-likeness (QED) is 0.0159. The highest BCUT2D eigenvalue weighted by molar-refractivity contribution is 8.02. The Morgan fingerprint density at radius 1 is 0.912 bits per heavy atom. The second-order valence-electron chi connectivity index (χ2n) is 16.2. The number of carbonyl (C=O) groups excluding carboxylic acids is 3. The molecule has 17 nitrogen and oxygen atoms in total. The van der Waals surface area contributed by atoms with Crippen molar-refractivity contribution in [2.75, 3.05) is 16.8 Å². The van der Waals surface area contributed by atoms with Crippen molar-refractivity contribution >= 4 is 87.0 Å². The number of hydrogen-bond donors (Lipinski definition) is 5. The first-order chi connectivity index (χ1) is 32.7. The number of anilines is 1. The summed E-state index contributed by atoms with van der Waals surface area (Å²) in [5.41, 5.74) is -0.579. The highest BCUT2D eigenvalue weighted by atomic mass is 32.2. The molecule has 1 saturated heterocycles. The maximum atomic E-state index is 14.6. The maximum Gasteiger partial charge on any atom is 0.355 e. The summed E-state index contributed by atoms with van der Waals surface area (Å²) in [7, 11) is 0. The lowest BCUT2D eigenvalue weighted by atomic mass is 9.77. The molecule has 0 saturated carbocycles. The van der Waals surface area contributed by atoms with Crippen LogP contribution in [0.2, 0.25) is 0 Å². The van der Waals surface area contributed by atoms with E-state index >= 15 is 0 Å². The number of esters is 1. The van der Waals surface area contributed by atoms with E-state index in [1.54, 1.807) is 38.3 Å². The van der Waals surface area contributed by atoms with Gasteiger partial charge in [0.05, 0.1) is 4.21 Å². The largest absolute Gasteiger partial charge is 0.477 e. The zero-order valence-corrected chi connectivity index (χ0v) is 39.5. The summed E-state index contributed by atoms with van der Waals surface area (Å²) < 4.78 is 8.20. The molecule has 3 atom stereocenters. The van der Waals surface area contributed by atoms with E-state index in [-0.39, 0.29) is 32.7 Å². The Morgan fingerprint density at radius 2 is 1.54 bits per heavy atom. The molecule has 0 unspecified atom stereocenters. The van der Waals surface area contributed by atoms with Gasteiger partial charge in [0.15, 0.2) is 16.4 Å². The number of pyridine rings is 1. The van der Waals surface area contributed by atoms with Gasteiger partial charge in [0, 0.05) is 34.8 Å². The molecular formula is C47H41N7O10S4. The molecule has 3 aromatic carbocycles. The summed E-state index contributed by atoms with van der Waals surface area (Å²) in [6.45, 7) is 5.06. The van der Waals surface area contributed by atoms with E-state index in [2.05, 4.69) is 25.1 Å². The second kappa shape index (κ2) is 20.0. The van der Waals surface area contributed by atoms with Gasteiger partial charge < -0.3 is 30.4 Å². The first kappa shape index (κ1) is 47.4. The van der Waals surface area contributed by atoms with Crippen molar-refractivity contribution < 1.29 is 43.8 Å². The van der Waals surface area contributed by atoms with Crippen LogP contribution in [0.1, 0.15) is 65.2 Å². The lowest BCUT2D eigenvalue weighted by molar-refractivity contribution is -0.169. The molecule has 5 heterocycles. The first-order valence-electron chi connectivity index (χ1n) is 20.7. The molecule has 6 aromatic rings. The SMILES string of the molecule is CC(C)(C)OC(=O)[C@H](ON=C(C(=O)N[C@@H]1C(=O)N2C(C(=O)O)=C(CSc3s[nH]c(=O)c3C(=O)O)CS[C@@H]12)c1csc(NC(c2ccccc2)(c2ccccc2)c2ccccc2)n1)c1cccnc1. The Labute approximate surface area is 404 Å². The van der Waals surface area contributed by atoms with Crippen LogP contribution in [0.5, 0.6) is 0 Å². The number of aromatic nitrogens is 3. The van der Waals surface area contributed by atoms with Crippen LogP contribution in [0.4, 0.5) is 5.13 Å². The number of carboxylic acids is 2. The van der Waals surface area contributed by atoms with E-state index < -0.39 is 75.2 Å². The monoisotopic (exact) mass is 991 g/mol. The molecule has 68 heavy (non-hydrogen) atoms. The van der Waals surface area contributed by atoms with E-state index in [0.29, 0.717) is 10.7 Å². The number of amides is 2. The number of carboxylic acid groups (broad SMARTS) is 2. The summed E-state index contributed by atoms with van der Waals surface area (Å²) in [5, 5.41) is 31.6. The lowest BCUT2D eigenvalue weighted by Crippen LogP contribution is -2.71. The van der Waals surface area contributed by atoms with E-state index in [0.717, 1.165) is 44.9 Å². The van der Waals surface area contributed by atoms with Gasteiger partial charge in [-0.1, -0.05) is 114 Å². The fourth-order valence-corrected chi connectivity index (χ4v) is 11.7. The van der Waals surface area contributed by atoms with Gasteiger partial charge in [0.2, 0.25) is 6.10 Å². The number of aromatic carboxylic acids is 1. The summed E-state index contributed by atoms with van der Waals surface area (Å²) in [4.78, 5) is 94.6. The summed E-state index contributed by atoms with van der Waals surface area (Å²) >= 11 is 4.15. The Bertz CT molecular complexity index is 2880. The van der Waals surface area contributed by atoms with Gasteiger partial charge in [0.1, 0.15) is 33.9 Å². The van der Waals surface area contributed by atoms with Crippen LogP contribution >= 0.6 is 46.4 Å². The number of thioether (sulfide) groups is 2.